The molecule has 0 aliphatic heterocycles. The smallest absolute Gasteiger partial charge is 0.339 e. The molecule has 0 spiro atoms. The summed E-state index contributed by atoms with van der Waals surface area (Å²) < 4.78 is 35.7. The van der Waals surface area contributed by atoms with Crippen molar-refractivity contribution in [2.75, 3.05) is 25.7 Å². The molecule has 0 heterocycles. The van der Waals surface area contributed by atoms with Crippen molar-refractivity contribution in [1.82, 2.24) is 4.90 Å². The number of imide groups is 1. The number of ether oxygens (including phenoxy) is 2. The van der Waals surface area contributed by atoms with Gasteiger partial charge in [0.15, 0.2) is 11.5 Å². The fourth-order valence-electron chi connectivity index (χ4n) is 4.07. The van der Waals surface area contributed by atoms with Gasteiger partial charge in [0, 0.05) is 6.26 Å². The average molecular weight is 584 g/mol. The normalized spacial score (nSPS) is 12.1. The van der Waals surface area contributed by atoms with Gasteiger partial charge in [0.25, 0.3) is 5.91 Å². The molecule has 2 amide bonds. The Balaban J connectivity index is 2.10. The van der Waals surface area contributed by atoms with Crippen LogP contribution in [-0.4, -0.2) is 67.5 Å². The quantitative estimate of drug-likeness (QED) is 0.228. The van der Waals surface area contributed by atoms with Crippen LogP contribution in [0.15, 0.2) is 64.8 Å². The van der Waals surface area contributed by atoms with Crippen molar-refractivity contribution in [1.29, 1.82) is 0 Å². The second-order valence-corrected chi connectivity index (χ2v) is 11.1. The van der Waals surface area contributed by atoms with Crippen molar-refractivity contribution in [3.05, 3.63) is 76.9 Å². The maximum Gasteiger partial charge on any atom is 0.339 e. The van der Waals surface area contributed by atoms with Crippen LogP contribution >= 0.6 is 0 Å². The summed E-state index contributed by atoms with van der Waals surface area (Å²) in [7, 11) is -2.25. The van der Waals surface area contributed by atoms with Crippen molar-refractivity contribution < 1.29 is 42.5 Å². The van der Waals surface area contributed by atoms with Gasteiger partial charge >= 0.3 is 5.97 Å². The topological polar surface area (TPSA) is 172 Å². The average Bonchev–Trinajstić information content (AvgIpc) is 2.91. The molecule has 2 N–H and O–H groups in total. The summed E-state index contributed by atoms with van der Waals surface area (Å²) in [6.45, 7) is 3.67. The molecular formula is C28H29N3O9S. The summed E-state index contributed by atoms with van der Waals surface area (Å²) in [5.74, 6) is -2.51. The van der Waals surface area contributed by atoms with Gasteiger partial charge in [0.05, 0.1) is 42.4 Å². The summed E-state index contributed by atoms with van der Waals surface area (Å²) in [5, 5.41) is 27.1. The van der Waals surface area contributed by atoms with Gasteiger partial charge in [0.1, 0.15) is 21.2 Å². The van der Waals surface area contributed by atoms with E-state index in [0.29, 0.717) is 29.2 Å². The zero-order valence-electron chi connectivity index (χ0n) is 22.8. The van der Waals surface area contributed by atoms with Gasteiger partial charge in [-0.25, -0.2) is 13.2 Å². The Morgan fingerprint density at radius 1 is 1.07 bits per heavy atom. The van der Waals surface area contributed by atoms with E-state index in [9.17, 15) is 33.0 Å². The molecule has 0 saturated carbocycles. The molecule has 3 aromatic carbocycles. The first kappa shape index (κ1) is 30.8. The van der Waals surface area contributed by atoms with E-state index >= 15 is 0 Å². The van der Waals surface area contributed by atoms with Crippen LogP contribution in [0.3, 0.4) is 0 Å². The lowest BCUT2D eigenvalue weighted by Gasteiger charge is -2.28. The van der Waals surface area contributed by atoms with Crippen LogP contribution in [0.4, 0.5) is 11.4 Å². The second-order valence-electron chi connectivity index (χ2n) is 8.94. The van der Waals surface area contributed by atoms with Crippen molar-refractivity contribution >= 4 is 39.5 Å². The Bertz CT molecular complexity index is 1600. The van der Waals surface area contributed by atoms with Gasteiger partial charge in [-0.05, 0) is 61.4 Å². The number of rotatable bonds is 12. The Morgan fingerprint density at radius 3 is 2.41 bits per heavy atom. The number of aryl methyl sites for hydroxylation is 1. The minimum absolute atomic E-state index is 0.0161. The minimum atomic E-state index is -3.70. The number of carbonyl (C=O) groups excluding carboxylic acids is 2. The zero-order valence-corrected chi connectivity index (χ0v) is 23.6. The van der Waals surface area contributed by atoms with Crippen LogP contribution in [-0.2, 0) is 14.6 Å². The number of carboxylic acids is 1. The third-order valence-corrected chi connectivity index (χ3v) is 6.89. The summed E-state index contributed by atoms with van der Waals surface area (Å²) in [4.78, 5) is 38.4. The van der Waals surface area contributed by atoms with Crippen LogP contribution in [0.5, 0.6) is 17.2 Å². The molecule has 0 aliphatic carbocycles. The number of methoxy groups -OCH3 is 1. The third kappa shape index (κ3) is 7.45. The number of sulfone groups is 1. The molecule has 0 unspecified atom stereocenters. The second kappa shape index (κ2) is 13.0. The fraction of sp³-hybridized carbons (Fsp3) is 0.250. The Hall–Kier alpha value is -4.78. The van der Waals surface area contributed by atoms with Crippen LogP contribution < -0.4 is 9.47 Å². The van der Waals surface area contributed by atoms with Gasteiger partial charge < -0.3 is 19.7 Å². The molecule has 12 nitrogen and oxygen atoms in total. The summed E-state index contributed by atoms with van der Waals surface area (Å²) in [5.41, 5.74) is 0.486. The first-order valence-corrected chi connectivity index (χ1v) is 14.3. The van der Waals surface area contributed by atoms with E-state index in [4.69, 9.17) is 9.47 Å². The molecule has 0 saturated heterocycles. The van der Waals surface area contributed by atoms with Gasteiger partial charge in [-0.15, -0.1) is 5.11 Å². The summed E-state index contributed by atoms with van der Waals surface area (Å²) >= 11 is 0. The number of azo groups is 1. The van der Waals surface area contributed by atoms with E-state index in [-0.39, 0.29) is 28.9 Å². The molecule has 13 heteroatoms. The number of aromatic hydroxyl groups is 1. The maximum atomic E-state index is 13.9. The number of aromatic carboxylic acids is 1. The minimum Gasteiger partial charge on any atom is -0.507 e. The van der Waals surface area contributed by atoms with Crippen LogP contribution in [0.25, 0.3) is 0 Å². The molecule has 0 bridgehead atoms. The lowest BCUT2D eigenvalue weighted by atomic mass is 10.0. The van der Waals surface area contributed by atoms with Crippen LogP contribution in [0, 0.1) is 6.92 Å². The van der Waals surface area contributed by atoms with E-state index in [1.807, 2.05) is 0 Å². The third-order valence-electron chi connectivity index (χ3n) is 5.97. The van der Waals surface area contributed by atoms with E-state index in [1.165, 1.54) is 25.3 Å². The summed E-state index contributed by atoms with van der Waals surface area (Å²) in [6.07, 6.45) is 1.26. The number of carboxylic acid groups (broad SMARTS) is 1. The van der Waals surface area contributed by atoms with Crippen molar-refractivity contribution in [3.63, 3.8) is 0 Å². The number of hydrogen-bond acceptors (Lipinski definition) is 10. The van der Waals surface area contributed by atoms with E-state index < -0.39 is 39.3 Å². The largest absolute Gasteiger partial charge is 0.507 e. The molecular weight excluding hydrogens is 554 g/mol. The standard InChI is InChI=1S/C28H29N3O9S/c1-5-40-25-13-18(9-12-24(25)39-3)22(15-41(4,37)38)31(16-32)27(34)26-17(2)7-6-8-21(26)30-29-19-10-11-23(33)20(14-19)28(35)36/h6-14,16,22,33H,5,15H2,1-4H3,(H,35,36)/t22-/m1/s1. The van der Waals surface area contributed by atoms with E-state index in [0.717, 1.165) is 23.3 Å². The highest BCUT2D eigenvalue weighted by Gasteiger charge is 2.32. The number of benzene rings is 3. The summed E-state index contributed by atoms with van der Waals surface area (Å²) in [6, 6.07) is 11.7. The number of hydrogen-bond donors (Lipinski definition) is 2. The lowest BCUT2D eigenvalue weighted by molar-refractivity contribution is -0.117. The number of nitrogens with zero attached hydrogens (tertiary/aromatic N) is 3. The predicted molar refractivity (Wildman–Crippen MR) is 149 cm³/mol. The Kier molecular flexibility index (Phi) is 9.79. The molecule has 1 atom stereocenters. The zero-order chi connectivity index (χ0) is 30.3. The van der Waals surface area contributed by atoms with E-state index in [1.54, 1.807) is 38.1 Å². The molecule has 0 fully saturated rings. The van der Waals surface area contributed by atoms with Gasteiger partial charge in [-0.3, -0.25) is 14.5 Å². The van der Waals surface area contributed by atoms with Crippen LogP contribution in [0.2, 0.25) is 0 Å². The Morgan fingerprint density at radius 2 is 1.80 bits per heavy atom. The van der Waals surface area contributed by atoms with Gasteiger partial charge in [-0.1, -0.05) is 18.2 Å². The van der Waals surface area contributed by atoms with Crippen molar-refractivity contribution in [2.45, 2.75) is 19.9 Å². The number of carbonyl (C=O) groups is 3. The molecule has 41 heavy (non-hydrogen) atoms. The lowest BCUT2D eigenvalue weighted by Crippen LogP contribution is -2.37. The van der Waals surface area contributed by atoms with Crippen molar-refractivity contribution in [2.24, 2.45) is 10.2 Å². The van der Waals surface area contributed by atoms with Crippen molar-refractivity contribution in [3.8, 4) is 17.2 Å². The molecule has 0 aromatic heterocycles. The van der Waals surface area contributed by atoms with Gasteiger partial charge in [0.2, 0.25) is 6.41 Å². The number of phenols is 1. The molecule has 0 aliphatic rings. The number of amides is 2. The fourth-order valence-corrected chi connectivity index (χ4v) is 4.99. The first-order chi connectivity index (χ1) is 19.4. The first-order valence-electron chi connectivity index (χ1n) is 12.2. The maximum absolute atomic E-state index is 13.9. The monoisotopic (exact) mass is 583 g/mol. The molecule has 216 valence electrons. The highest BCUT2D eigenvalue weighted by Crippen LogP contribution is 2.35. The van der Waals surface area contributed by atoms with Crippen LogP contribution in [0.1, 0.15) is 44.8 Å². The molecule has 3 rings (SSSR count). The molecule has 3 aromatic rings. The highest BCUT2D eigenvalue weighted by molar-refractivity contribution is 7.90. The van der Waals surface area contributed by atoms with Gasteiger partial charge in [-0.2, -0.15) is 5.11 Å². The molecule has 0 radical (unpaired) electrons. The SMILES string of the molecule is CCOc1cc([C@@H](CS(C)(=O)=O)N(C=O)C(=O)c2c(C)cccc2N=Nc2ccc(O)c(C(=O)O)c2)ccc1OC. The highest BCUT2D eigenvalue weighted by atomic mass is 32.2. The predicted octanol–water partition coefficient (Wildman–Crippen LogP) is 4.61. The Labute approximate surface area is 236 Å². The van der Waals surface area contributed by atoms with E-state index in [2.05, 4.69) is 10.2 Å².